The summed E-state index contributed by atoms with van der Waals surface area (Å²) in [6.45, 7) is 2.66. The first kappa shape index (κ1) is 20.8. The fraction of sp³-hybridized carbons (Fsp3) is 0.364. The van der Waals surface area contributed by atoms with E-state index in [1.165, 1.54) is 6.07 Å². The number of esters is 1. The SMILES string of the molecule is Cc1ccc(CNC(=O)COC(=O)c2ccc(OCC3CCCO3)cc2)cc1F. The Hall–Kier alpha value is -2.93. The number of halogens is 1. The van der Waals surface area contributed by atoms with Crippen LogP contribution in [0.3, 0.4) is 0 Å². The summed E-state index contributed by atoms with van der Waals surface area (Å²) in [5.74, 6) is -0.755. The highest BCUT2D eigenvalue weighted by atomic mass is 19.1. The van der Waals surface area contributed by atoms with E-state index in [2.05, 4.69) is 5.32 Å². The third-order valence-electron chi connectivity index (χ3n) is 4.61. The van der Waals surface area contributed by atoms with Gasteiger partial charge in [-0.2, -0.15) is 0 Å². The molecule has 2 aromatic rings. The lowest BCUT2D eigenvalue weighted by Gasteiger charge is -2.11. The third kappa shape index (κ3) is 6.29. The van der Waals surface area contributed by atoms with Gasteiger partial charge in [0.05, 0.1) is 11.7 Å². The Morgan fingerprint density at radius 3 is 2.69 bits per heavy atom. The Morgan fingerprint density at radius 1 is 1.21 bits per heavy atom. The van der Waals surface area contributed by atoms with Crippen LogP contribution in [0.2, 0.25) is 0 Å². The monoisotopic (exact) mass is 401 g/mol. The molecular weight excluding hydrogens is 377 g/mol. The van der Waals surface area contributed by atoms with E-state index < -0.39 is 18.5 Å². The first-order valence-electron chi connectivity index (χ1n) is 9.54. The summed E-state index contributed by atoms with van der Waals surface area (Å²) in [7, 11) is 0. The summed E-state index contributed by atoms with van der Waals surface area (Å²) in [6.07, 6.45) is 2.16. The van der Waals surface area contributed by atoms with Gasteiger partial charge in [-0.1, -0.05) is 12.1 Å². The molecule has 0 spiro atoms. The van der Waals surface area contributed by atoms with Gasteiger partial charge in [-0.3, -0.25) is 4.79 Å². The van der Waals surface area contributed by atoms with Crippen LogP contribution in [0.4, 0.5) is 4.39 Å². The van der Waals surface area contributed by atoms with E-state index in [9.17, 15) is 14.0 Å². The number of ether oxygens (including phenoxy) is 3. The maximum atomic E-state index is 13.5. The highest BCUT2D eigenvalue weighted by Gasteiger charge is 2.16. The van der Waals surface area contributed by atoms with Gasteiger partial charge in [0.25, 0.3) is 5.91 Å². The number of carbonyl (C=O) groups excluding carboxylic acids is 2. The van der Waals surface area contributed by atoms with Crippen molar-refractivity contribution in [1.82, 2.24) is 5.32 Å². The van der Waals surface area contributed by atoms with Gasteiger partial charge in [0, 0.05) is 13.2 Å². The number of hydrogen-bond donors (Lipinski definition) is 1. The molecule has 1 amide bonds. The predicted octanol–water partition coefficient (Wildman–Crippen LogP) is 3.17. The number of hydrogen-bond acceptors (Lipinski definition) is 5. The number of carbonyl (C=O) groups is 2. The van der Waals surface area contributed by atoms with Crippen molar-refractivity contribution in [1.29, 1.82) is 0 Å². The Morgan fingerprint density at radius 2 is 2.00 bits per heavy atom. The lowest BCUT2D eigenvalue weighted by molar-refractivity contribution is -0.124. The zero-order chi connectivity index (χ0) is 20.6. The van der Waals surface area contributed by atoms with Crippen LogP contribution in [0.5, 0.6) is 5.75 Å². The van der Waals surface area contributed by atoms with E-state index in [4.69, 9.17) is 14.2 Å². The second-order valence-corrected chi connectivity index (χ2v) is 6.91. The highest BCUT2D eigenvalue weighted by molar-refractivity contribution is 5.91. The molecule has 1 heterocycles. The summed E-state index contributed by atoms with van der Waals surface area (Å²) in [4.78, 5) is 23.9. The summed E-state index contributed by atoms with van der Waals surface area (Å²) in [5, 5.41) is 2.59. The minimum absolute atomic E-state index is 0.120. The second-order valence-electron chi connectivity index (χ2n) is 6.91. The Balaban J connectivity index is 1.39. The number of rotatable bonds is 8. The molecule has 154 valence electrons. The van der Waals surface area contributed by atoms with Crippen LogP contribution in [0.1, 0.15) is 34.3 Å². The van der Waals surface area contributed by atoms with Crippen molar-refractivity contribution in [2.24, 2.45) is 0 Å². The average molecular weight is 401 g/mol. The van der Waals surface area contributed by atoms with Crippen LogP contribution in [-0.2, 0) is 20.8 Å². The minimum atomic E-state index is -0.604. The van der Waals surface area contributed by atoms with Gasteiger partial charge >= 0.3 is 5.97 Å². The van der Waals surface area contributed by atoms with Crippen LogP contribution in [0, 0.1) is 12.7 Å². The Labute approximate surface area is 169 Å². The van der Waals surface area contributed by atoms with Crippen molar-refractivity contribution in [2.75, 3.05) is 19.8 Å². The van der Waals surface area contributed by atoms with Gasteiger partial charge < -0.3 is 19.5 Å². The summed E-state index contributed by atoms with van der Waals surface area (Å²) in [6, 6.07) is 11.3. The van der Waals surface area contributed by atoms with Crippen molar-refractivity contribution >= 4 is 11.9 Å². The first-order chi connectivity index (χ1) is 14.0. The van der Waals surface area contributed by atoms with Gasteiger partial charge in [-0.15, -0.1) is 0 Å². The molecule has 1 N–H and O–H groups in total. The Bertz CT molecular complexity index is 847. The largest absolute Gasteiger partial charge is 0.491 e. The van der Waals surface area contributed by atoms with Gasteiger partial charge in [0.15, 0.2) is 6.61 Å². The number of benzene rings is 2. The maximum Gasteiger partial charge on any atom is 0.338 e. The van der Waals surface area contributed by atoms with E-state index in [1.54, 1.807) is 43.3 Å². The molecule has 29 heavy (non-hydrogen) atoms. The van der Waals surface area contributed by atoms with Gasteiger partial charge in [-0.05, 0) is 61.2 Å². The molecule has 1 aliphatic heterocycles. The van der Waals surface area contributed by atoms with Gasteiger partial charge in [0.2, 0.25) is 0 Å². The van der Waals surface area contributed by atoms with E-state index in [-0.39, 0.29) is 18.5 Å². The highest BCUT2D eigenvalue weighted by Crippen LogP contribution is 2.17. The van der Waals surface area contributed by atoms with E-state index >= 15 is 0 Å². The van der Waals surface area contributed by atoms with E-state index in [0.29, 0.717) is 29.0 Å². The minimum Gasteiger partial charge on any atom is -0.491 e. The van der Waals surface area contributed by atoms with E-state index in [0.717, 1.165) is 19.4 Å². The molecule has 1 atom stereocenters. The molecule has 0 aromatic heterocycles. The summed E-state index contributed by atoms with van der Waals surface area (Å²) in [5.41, 5.74) is 1.49. The molecule has 7 heteroatoms. The fourth-order valence-corrected chi connectivity index (χ4v) is 2.86. The van der Waals surface area contributed by atoms with Crippen LogP contribution in [0.25, 0.3) is 0 Å². The van der Waals surface area contributed by atoms with Crippen molar-refractivity contribution in [3.05, 3.63) is 65.0 Å². The number of amides is 1. The molecular formula is C22H24FNO5. The molecule has 0 saturated carbocycles. The quantitative estimate of drug-likeness (QED) is 0.688. The lowest BCUT2D eigenvalue weighted by Crippen LogP contribution is -2.28. The van der Waals surface area contributed by atoms with Gasteiger partial charge in [-0.25, -0.2) is 9.18 Å². The molecule has 0 radical (unpaired) electrons. The molecule has 1 aliphatic rings. The second kappa shape index (κ2) is 10.0. The molecule has 0 bridgehead atoms. The van der Waals surface area contributed by atoms with E-state index in [1.807, 2.05) is 0 Å². The first-order valence-corrected chi connectivity index (χ1v) is 9.54. The molecule has 1 fully saturated rings. The smallest absolute Gasteiger partial charge is 0.338 e. The maximum absolute atomic E-state index is 13.5. The van der Waals surface area contributed by atoms with Crippen molar-refractivity contribution in [3.63, 3.8) is 0 Å². The average Bonchev–Trinajstić information content (AvgIpc) is 3.25. The molecule has 0 aliphatic carbocycles. The molecule has 6 nitrogen and oxygen atoms in total. The molecule has 3 rings (SSSR count). The summed E-state index contributed by atoms with van der Waals surface area (Å²) < 4.78 is 29.7. The van der Waals surface area contributed by atoms with Crippen LogP contribution >= 0.6 is 0 Å². The van der Waals surface area contributed by atoms with Crippen LogP contribution < -0.4 is 10.1 Å². The van der Waals surface area contributed by atoms with Crippen molar-refractivity contribution in [3.8, 4) is 5.75 Å². The van der Waals surface area contributed by atoms with Crippen LogP contribution in [0.15, 0.2) is 42.5 Å². The number of nitrogens with one attached hydrogen (secondary N) is 1. The lowest BCUT2D eigenvalue weighted by atomic mass is 10.1. The normalized spacial score (nSPS) is 15.7. The van der Waals surface area contributed by atoms with Crippen LogP contribution in [-0.4, -0.2) is 37.8 Å². The van der Waals surface area contributed by atoms with Crippen molar-refractivity contribution in [2.45, 2.75) is 32.4 Å². The van der Waals surface area contributed by atoms with Gasteiger partial charge in [0.1, 0.15) is 18.2 Å². The molecule has 2 aromatic carbocycles. The van der Waals surface area contributed by atoms with Crippen molar-refractivity contribution < 1.29 is 28.2 Å². The predicted molar refractivity (Wildman–Crippen MR) is 104 cm³/mol. The Kier molecular flexibility index (Phi) is 7.19. The summed E-state index contributed by atoms with van der Waals surface area (Å²) >= 11 is 0. The fourth-order valence-electron chi connectivity index (χ4n) is 2.86. The third-order valence-corrected chi connectivity index (χ3v) is 4.61. The molecule has 1 saturated heterocycles. The zero-order valence-electron chi connectivity index (χ0n) is 16.3. The molecule has 1 unspecified atom stereocenters. The zero-order valence-corrected chi connectivity index (χ0v) is 16.3. The topological polar surface area (TPSA) is 73.9 Å². The standard InChI is InChI=1S/C22H24FNO5/c1-15-4-5-16(11-20(15)23)12-24-21(25)14-29-22(26)17-6-8-18(9-7-17)28-13-19-3-2-10-27-19/h4-9,11,19H,2-3,10,12-14H2,1H3,(H,24,25). The number of aryl methyl sites for hydroxylation is 1.